The van der Waals surface area contributed by atoms with Gasteiger partial charge in [0.15, 0.2) is 0 Å². The number of benzene rings is 1. The largest absolute Gasteiger partial charge is 0.388 e. The fourth-order valence-corrected chi connectivity index (χ4v) is 2.93. The first kappa shape index (κ1) is 14.1. The van der Waals surface area contributed by atoms with Gasteiger partial charge >= 0.3 is 0 Å². The van der Waals surface area contributed by atoms with E-state index in [1.807, 2.05) is 0 Å². The van der Waals surface area contributed by atoms with E-state index in [2.05, 4.69) is 0 Å². The predicted molar refractivity (Wildman–Crippen MR) is 73.0 cm³/mol. The summed E-state index contributed by atoms with van der Waals surface area (Å²) >= 11 is 12.0. The van der Waals surface area contributed by atoms with E-state index in [0.717, 1.165) is 19.4 Å². The first-order valence-corrected chi connectivity index (χ1v) is 6.75. The third-order valence-corrected chi connectivity index (χ3v) is 4.16. The summed E-state index contributed by atoms with van der Waals surface area (Å²) in [5, 5.41) is 11.6. The molecule has 1 saturated heterocycles. The second-order valence-electron chi connectivity index (χ2n) is 4.79. The van der Waals surface area contributed by atoms with Crippen LogP contribution in [0, 0.1) is 5.41 Å². The van der Waals surface area contributed by atoms with Crippen molar-refractivity contribution in [3.8, 4) is 0 Å². The Kier molecular flexibility index (Phi) is 4.51. The van der Waals surface area contributed by atoms with Crippen LogP contribution in [0.1, 0.15) is 24.5 Å². The first-order valence-electron chi connectivity index (χ1n) is 6.00. The van der Waals surface area contributed by atoms with Crippen LogP contribution in [0.15, 0.2) is 18.2 Å². The summed E-state index contributed by atoms with van der Waals surface area (Å²) in [7, 11) is 0. The lowest BCUT2D eigenvalue weighted by Crippen LogP contribution is -2.43. The Labute approximate surface area is 117 Å². The zero-order valence-electron chi connectivity index (χ0n) is 10.0. The molecule has 0 radical (unpaired) electrons. The van der Waals surface area contributed by atoms with Crippen molar-refractivity contribution in [3.05, 3.63) is 33.8 Å². The van der Waals surface area contributed by atoms with E-state index < -0.39 is 11.5 Å². The molecule has 1 aromatic carbocycles. The van der Waals surface area contributed by atoms with E-state index in [4.69, 9.17) is 33.7 Å². The highest BCUT2D eigenvalue weighted by atomic mass is 35.5. The number of nitrogens with two attached hydrogens (primary N) is 1. The topological polar surface area (TPSA) is 55.5 Å². The minimum atomic E-state index is -0.729. The minimum absolute atomic E-state index is 0.368. The number of aliphatic hydroxyl groups is 1. The zero-order valence-corrected chi connectivity index (χ0v) is 11.5. The Bertz CT molecular complexity index is 419. The van der Waals surface area contributed by atoms with Crippen LogP contribution in [-0.2, 0) is 4.74 Å². The van der Waals surface area contributed by atoms with Crippen molar-refractivity contribution < 1.29 is 9.84 Å². The van der Waals surface area contributed by atoms with E-state index in [-0.39, 0.29) is 0 Å². The summed E-state index contributed by atoms with van der Waals surface area (Å²) in [5.41, 5.74) is 6.06. The van der Waals surface area contributed by atoms with Gasteiger partial charge < -0.3 is 15.6 Å². The molecule has 1 fully saturated rings. The molecular formula is C13H17Cl2NO2. The molecule has 2 unspecified atom stereocenters. The molecule has 3 nitrogen and oxygen atoms in total. The molecule has 0 bridgehead atoms. The van der Waals surface area contributed by atoms with E-state index >= 15 is 0 Å². The summed E-state index contributed by atoms with van der Waals surface area (Å²) in [5.74, 6) is 0. The Balaban J connectivity index is 2.30. The van der Waals surface area contributed by atoms with Gasteiger partial charge in [-0.1, -0.05) is 29.3 Å². The Morgan fingerprint density at radius 2 is 2.22 bits per heavy atom. The molecular weight excluding hydrogens is 273 g/mol. The standard InChI is InChI=1S/C13H17Cl2NO2/c14-9-2-3-10(11(15)6-9)12(17)13(7-16)4-1-5-18-8-13/h2-3,6,12,17H,1,4-5,7-8,16H2. The van der Waals surface area contributed by atoms with Crippen LogP contribution in [0.25, 0.3) is 0 Å². The van der Waals surface area contributed by atoms with E-state index in [0.29, 0.717) is 28.8 Å². The van der Waals surface area contributed by atoms with Crippen molar-refractivity contribution in [2.45, 2.75) is 18.9 Å². The molecule has 2 atom stereocenters. The van der Waals surface area contributed by atoms with Crippen molar-refractivity contribution in [1.29, 1.82) is 0 Å². The van der Waals surface area contributed by atoms with E-state index in [1.54, 1.807) is 18.2 Å². The second-order valence-corrected chi connectivity index (χ2v) is 5.63. The molecule has 100 valence electrons. The number of rotatable bonds is 3. The van der Waals surface area contributed by atoms with Gasteiger partial charge in [-0.2, -0.15) is 0 Å². The highest BCUT2D eigenvalue weighted by Gasteiger charge is 2.40. The molecule has 0 aromatic heterocycles. The molecule has 0 saturated carbocycles. The van der Waals surface area contributed by atoms with Gasteiger partial charge in [0.1, 0.15) is 0 Å². The summed E-state index contributed by atoms with van der Waals surface area (Å²) in [6.45, 7) is 1.56. The number of hydrogen-bond donors (Lipinski definition) is 2. The molecule has 1 aromatic rings. The molecule has 18 heavy (non-hydrogen) atoms. The van der Waals surface area contributed by atoms with Gasteiger partial charge in [-0.3, -0.25) is 0 Å². The number of ether oxygens (including phenoxy) is 1. The number of hydrogen-bond acceptors (Lipinski definition) is 3. The number of aliphatic hydroxyl groups excluding tert-OH is 1. The van der Waals surface area contributed by atoms with Gasteiger partial charge in [0.05, 0.1) is 12.7 Å². The maximum Gasteiger partial charge on any atom is 0.0894 e. The zero-order chi connectivity index (χ0) is 13.2. The fraction of sp³-hybridized carbons (Fsp3) is 0.538. The lowest BCUT2D eigenvalue weighted by atomic mass is 9.75. The molecule has 2 rings (SSSR count). The van der Waals surface area contributed by atoms with Gasteiger partial charge in [-0.15, -0.1) is 0 Å². The van der Waals surface area contributed by atoms with Crippen LogP contribution in [0.4, 0.5) is 0 Å². The van der Waals surface area contributed by atoms with Crippen LogP contribution in [-0.4, -0.2) is 24.9 Å². The summed E-state index contributed by atoms with van der Waals surface area (Å²) in [6, 6.07) is 5.11. The van der Waals surface area contributed by atoms with Gasteiger partial charge in [0.2, 0.25) is 0 Å². The molecule has 0 aliphatic carbocycles. The Hall–Kier alpha value is -0.320. The predicted octanol–water partition coefficient (Wildman–Crippen LogP) is 2.78. The third-order valence-electron chi connectivity index (χ3n) is 3.60. The highest BCUT2D eigenvalue weighted by Crippen LogP contribution is 2.42. The third kappa shape index (κ3) is 2.65. The quantitative estimate of drug-likeness (QED) is 0.900. The van der Waals surface area contributed by atoms with Gasteiger partial charge in [0.25, 0.3) is 0 Å². The van der Waals surface area contributed by atoms with E-state index in [1.165, 1.54) is 0 Å². The van der Waals surface area contributed by atoms with Crippen molar-refractivity contribution in [1.82, 2.24) is 0 Å². The van der Waals surface area contributed by atoms with Crippen molar-refractivity contribution in [3.63, 3.8) is 0 Å². The minimum Gasteiger partial charge on any atom is -0.388 e. The SMILES string of the molecule is NCC1(C(O)c2ccc(Cl)cc2Cl)CCCOC1. The molecule has 3 N–H and O–H groups in total. The molecule has 0 spiro atoms. The summed E-state index contributed by atoms with van der Waals surface area (Å²) in [6.07, 6.45) is 1.01. The van der Waals surface area contributed by atoms with Crippen LogP contribution in [0.5, 0.6) is 0 Å². The van der Waals surface area contributed by atoms with Gasteiger partial charge in [0, 0.05) is 28.6 Å². The average Bonchev–Trinajstić information content (AvgIpc) is 2.39. The van der Waals surface area contributed by atoms with Crippen molar-refractivity contribution in [2.24, 2.45) is 11.1 Å². The van der Waals surface area contributed by atoms with Crippen LogP contribution < -0.4 is 5.73 Å². The van der Waals surface area contributed by atoms with Gasteiger partial charge in [-0.05, 0) is 30.5 Å². The second kappa shape index (κ2) is 5.76. The molecule has 0 amide bonds. The van der Waals surface area contributed by atoms with Crippen LogP contribution >= 0.6 is 23.2 Å². The maximum absolute atomic E-state index is 10.6. The molecule has 1 heterocycles. The maximum atomic E-state index is 10.6. The smallest absolute Gasteiger partial charge is 0.0894 e. The van der Waals surface area contributed by atoms with E-state index in [9.17, 15) is 5.11 Å². The highest BCUT2D eigenvalue weighted by molar-refractivity contribution is 6.35. The van der Waals surface area contributed by atoms with Crippen LogP contribution in [0.3, 0.4) is 0 Å². The van der Waals surface area contributed by atoms with Gasteiger partial charge in [-0.25, -0.2) is 0 Å². The molecule has 1 aliphatic rings. The number of halogens is 2. The van der Waals surface area contributed by atoms with Crippen LogP contribution in [0.2, 0.25) is 10.0 Å². The average molecular weight is 290 g/mol. The molecule has 5 heteroatoms. The Morgan fingerprint density at radius 3 is 2.78 bits per heavy atom. The lowest BCUT2D eigenvalue weighted by Gasteiger charge is -2.40. The van der Waals surface area contributed by atoms with Crippen molar-refractivity contribution in [2.75, 3.05) is 19.8 Å². The summed E-state index contributed by atoms with van der Waals surface area (Å²) in [4.78, 5) is 0. The van der Waals surface area contributed by atoms with Crippen molar-refractivity contribution >= 4 is 23.2 Å². The lowest BCUT2D eigenvalue weighted by molar-refractivity contribution is -0.0781. The monoisotopic (exact) mass is 289 g/mol. The molecule has 1 aliphatic heterocycles. The Morgan fingerprint density at radius 1 is 1.44 bits per heavy atom. The fourth-order valence-electron chi connectivity index (χ4n) is 2.42. The summed E-state index contributed by atoms with van der Waals surface area (Å²) < 4.78 is 5.47. The first-order chi connectivity index (χ1) is 8.59. The normalized spacial score (nSPS) is 26.0.